The van der Waals surface area contributed by atoms with Crippen molar-refractivity contribution in [3.8, 4) is 0 Å². The highest BCUT2D eigenvalue weighted by atomic mass is 79.9. The summed E-state index contributed by atoms with van der Waals surface area (Å²) in [6, 6.07) is 19.0. The Morgan fingerprint density at radius 2 is 0.854 bits per heavy atom. The van der Waals surface area contributed by atoms with E-state index in [9.17, 15) is 4.79 Å². The summed E-state index contributed by atoms with van der Waals surface area (Å²) in [6.45, 7) is 4.51. The molecular weight excluding hydrogens is 716 g/mol. The van der Waals surface area contributed by atoms with Crippen molar-refractivity contribution in [3.05, 3.63) is 80.3 Å². The van der Waals surface area contributed by atoms with Crippen LogP contribution in [0.4, 0.5) is 0 Å². The SMILES string of the molecule is CCCc1ccc(C2CCC(C3CCC(C=C(Br)Br)CC3)CC2)cc1.CCCc1ccc(C2CCC(C3CCC(C=O)CC3)CC2)cc1. The van der Waals surface area contributed by atoms with E-state index in [1.165, 1.54) is 133 Å². The maximum absolute atomic E-state index is 10.9. The van der Waals surface area contributed by atoms with E-state index in [2.05, 4.69) is 100 Å². The topological polar surface area (TPSA) is 17.1 Å². The molecule has 264 valence electrons. The highest BCUT2D eigenvalue weighted by Crippen LogP contribution is 2.45. The summed E-state index contributed by atoms with van der Waals surface area (Å²) < 4.78 is 1.13. The van der Waals surface area contributed by atoms with E-state index in [1.54, 1.807) is 11.1 Å². The molecule has 0 unspecified atom stereocenters. The number of carbonyl (C=O) groups excluding carboxylic acids is 1. The molecule has 0 saturated heterocycles. The van der Waals surface area contributed by atoms with Gasteiger partial charge in [0.1, 0.15) is 6.29 Å². The smallest absolute Gasteiger partial charge is 0.123 e. The van der Waals surface area contributed by atoms with Crippen LogP contribution in [0.2, 0.25) is 0 Å². The predicted molar refractivity (Wildman–Crippen MR) is 213 cm³/mol. The monoisotopic (exact) mass is 778 g/mol. The molecule has 2 aromatic carbocycles. The van der Waals surface area contributed by atoms with Crippen LogP contribution in [0.3, 0.4) is 0 Å². The van der Waals surface area contributed by atoms with E-state index in [0.717, 1.165) is 57.7 Å². The average Bonchev–Trinajstić information content (AvgIpc) is 3.13. The third kappa shape index (κ3) is 11.4. The first-order chi connectivity index (χ1) is 23.4. The van der Waals surface area contributed by atoms with Crippen molar-refractivity contribution in [1.82, 2.24) is 0 Å². The zero-order chi connectivity index (χ0) is 33.7. The van der Waals surface area contributed by atoms with Crippen molar-refractivity contribution >= 4 is 38.1 Å². The van der Waals surface area contributed by atoms with Gasteiger partial charge in [-0.3, -0.25) is 0 Å². The van der Waals surface area contributed by atoms with Gasteiger partial charge >= 0.3 is 0 Å². The predicted octanol–water partition coefficient (Wildman–Crippen LogP) is 14.3. The number of aryl methyl sites for hydroxylation is 2. The summed E-state index contributed by atoms with van der Waals surface area (Å²) in [7, 11) is 0. The van der Waals surface area contributed by atoms with Crippen LogP contribution < -0.4 is 0 Å². The van der Waals surface area contributed by atoms with Gasteiger partial charge in [0.2, 0.25) is 0 Å². The largest absolute Gasteiger partial charge is 0.303 e. The van der Waals surface area contributed by atoms with E-state index in [1.807, 2.05) is 0 Å². The molecule has 2 aromatic rings. The Kier molecular flexibility index (Phi) is 15.9. The van der Waals surface area contributed by atoms with Crippen LogP contribution in [0.25, 0.3) is 0 Å². The lowest BCUT2D eigenvalue weighted by Crippen LogP contribution is -2.25. The lowest BCUT2D eigenvalue weighted by Gasteiger charge is -2.37. The fourth-order valence-electron chi connectivity index (χ4n) is 10.1. The van der Waals surface area contributed by atoms with E-state index in [-0.39, 0.29) is 0 Å². The lowest BCUT2D eigenvalue weighted by molar-refractivity contribution is -0.112. The molecule has 0 spiro atoms. The van der Waals surface area contributed by atoms with E-state index in [4.69, 9.17) is 0 Å². The minimum atomic E-state index is 0.365. The van der Waals surface area contributed by atoms with E-state index < -0.39 is 0 Å². The van der Waals surface area contributed by atoms with Crippen molar-refractivity contribution in [3.63, 3.8) is 0 Å². The fourth-order valence-corrected chi connectivity index (χ4v) is 10.8. The average molecular weight is 781 g/mol. The zero-order valence-corrected chi connectivity index (χ0v) is 33.4. The molecule has 0 radical (unpaired) electrons. The van der Waals surface area contributed by atoms with Crippen LogP contribution in [0.15, 0.2) is 58.0 Å². The van der Waals surface area contributed by atoms with Gasteiger partial charge in [-0.2, -0.15) is 0 Å². The number of benzene rings is 2. The summed E-state index contributed by atoms with van der Waals surface area (Å²) >= 11 is 7.04. The number of allylic oxidation sites excluding steroid dienone is 1. The van der Waals surface area contributed by atoms with Gasteiger partial charge in [-0.05, 0) is 211 Å². The van der Waals surface area contributed by atoms with Crippen molar-refractivity contribution in [1.29, 1.82) is 0 Å². The maximum atomic E-state index is 10.9. The Morgan fingerprint density at radius 3 is 1.17 bits per heavy atom. The molecule has 4 fully saturated rings. The first-order valence-corrected chi connectivity index (χ1v) is 21.7. The van der Waals surface area contributed by atoms with Crippen molar-refractivity contribution in [2.45, 2.75) is 154 Å². The number of hydrogen-bond donors (Lipinski definition) is 0. The summed E-state index contributed by atoms with van der Waals surface area (Å²) in [4.78, 5) is 10.9. The van der Waals surface area contributed by atoms with Gasteiger partial charge in [0.05, 0.1) is 3.39 Å². The third-order valence-electron chi connectivity index (χ3n) is 13.0. The normalized spacial score (nSPS) is 30.8. The van der Waals surface area contributed by atoms with Crippen molar-refractivity contribution < 1.29 is 4.79 Å². The highest BCUT2D eigenvalue weighted by molar-refractivity contribution is 9.28. The summed E-state index contributed by atoms with van der Waals surface area (Å²) in [6.07, 6.45) is 30.2. The first-order valence-electron chi connectivity index (χ1n) is 20.1. The van der Waals surface area contributed by atoms with E-state index >= 15 is 0 Å². The molecule has 0 amide bonds. The molecule has 1 nitrogen and oxygen atoms in total. The van der Waals surface area contributed by atoms with Crippen molar-refractivity contribution in [2.24, 2.45) is 35.5 Å². The lowest BCUT2D eigenvalue weighted by atomic mass is 9.68. The van der Waals surface area contributed by atoms with Crippen LogP contribution in [-0.2, 0) is 17.6 Å². The van der Waals surface area contributed by atoms with Crippen LogP contribution in [0, 0.1) is 35.5 Å². The van der Waals surface area contributed by atoms with Gasteiger partial charge in [-0.1, -0.05) is 81.3 Å². The minimum Gasteiger partial charge on any atom is -0.303 e. The molecule has 4 aliphatic rings. The Balaban J connectivity index is 0.000000188. The summed E-state index contributed by atoms with van der Waals surface area (Å²) in [5.74, 6) is 6.56. The first kappa shape index (κ1) is 38.1. The molecule has 6 rings (SSSR count). The molecule has 0 N–H and O–H groups in total. The van der Waals surface area contributed by atoms with Crippen LogP contribution in [-0.4, -0.2) is 6.29 Å². The van der Waals surface area contributed by atoms with Gasteiger partial charge in [-0.15, -0.1) is 0 Å². The molecule has 0 atom stereocenters. The Morgan fingerprint density at radius 1 is 0.521 bits per heavy atom. The number of rotatable bonds is 10. The Bertz CT molecular complexity index is 1210. The van der Waals surface area contributed by atoms with Crippen LogP contribution in [0.5, 0.6) is 0 Å². The van der Waals surface area contributed by atoms with Crippen LogP contribution >= 0.6 is 31.9 Å². The molecule has 4 aliphatic carbocycles. The number of hydrogen-bond acceptors (Lipinski definition) is 1. The molecular formula is C45H64Br2O. The quantitative estimate of drug-likeness (QED) is 0.220. The number of halogens is 2. The number of aldehydes is 1. The molecule has 4 saturated carbocycles. The van der Waals surface area contributed by atoms with Gasteiger partial charge in [0.15, 0.2) is 0 Å². The summed E-state index contributed by atoms with van der Waals surface area (Å²) in [5.41, 5.74) is 6.14. The zero-order valence-electron chi connectivity index (χ0n) is 30.2. The van der Waals surface area contributed by atoms with Gasteiger partial charge in [0.25, 0.3) is 0 Å². The standard InChI is InChI=1S/C23H32Br2.C22H32O/c1-2-3-17-4-8-19(9-5-17)21-12-14-22(15-13-21)20-10-6-18(7-11-20)16-23(24)25;1-2-3-17-4-8-19(9-5-17)21-12-14-22(15-13-21)20-10-6-18(16-23)7-11-20/h4-5,8-9,16,18,20-22H,2-3,6-7,10-15H2,1H3;4-5,8-9,16,18,20-22H,2-3,6-7,10-15H2,1H3. The van der Waals surface area contributed by atoms with Crippen LogP contribution in [0.1, 0.15) is 164 Å². The molecule has 0 bridgehead atoms. The molecule has 48 heavy (non-hydrogen) atoms. The molecule has 0 heterocycles. The van der Waals surface area contributed by atoms with Gasteiger partial charge < -0.3 is 4.79 Å². The maximum Gasteiger partial charge on any atom is 0.123 e. The second kappa shape index (κ2) is 20.0. The second-order valence-corrected chi connectivity index (χ2v) is 18.9. The Hall–Kier alpha value is -1.19. The summed E-state index contributed by atoms with van der Waals surface area (Å²) in [5, 5.41) is 0. The fraction of sp³-hybridized carbons (Fsp3) is 0.667. The third-order valence-corrected chi connectivity index (χ3v) is 13.6. The molecule has 0 aliphatic heterocycles. The van der Waals surface area contributed by atoms with Crippen molar-refractivity contribution in [2.75, 3.05) is 0 Å². The molecule has 0 aromatic heterocycles. The minimum absolute atomic E-state index is 0.365. The second-order valence-electron chi connectivity index (χ2n) is 16.1. The molecule has 3 heteroatoms. The van der Waals surface area contributed by atoms with Gasteiger partial charge in [-0.25, -0.2) is 0 Å². The number of carbonyl (C=O) groups is 1. The highest BCUT2D eigenvalue weighted by Gasteiger charge is 2.32. The Labute approximate surface area is 311 Å². The van der Waals surface area contributed by atoms with E-state index in [0.29, 0.717) is 5.92 Å². The van der Waals surface area contributed by atoms with Gasteiger partial charge in [0, 0.05) is 5.92 Å².